The van der Waals surface area contributed by atoms with Crippen LogP contribution >= 0.6 is 0 Å². The summed E-state index contributed by atoms with van der Waals surface area (Å²) in [5.41, 5.74) is -0.469. The van der Waals surface area contributed by atoms with E-state index in [0.29, 0.717) is 31.4 Å². The zero-order valence-corrected chi connectivity index (χ0v) is 11.5. The third-order valence-electron chi connectivity index (χ3n) is 3.39. The highest BCUT2D eigenvalue weighted by Crippen LogP contribution is 2.27. The van der Waals surface area contributed by atoms with E-state index in [2.05, 4.69) is 0 Å². The maximum atomic E-state index is 12.1. The normalized spacial score (nSPS) is 15.6. The average Bonchev–Trinajstić information content (AvgIpc) is 2.48. The Bertz CT molecular complexity index is 573. The Labute approximate surface area is 121 Å². The summed E-state index contributed by atoms with van der Waals surface area (Å²) in [4.78, 5) is 33.6. The number of carbonyl (C=O) groups is 2. The van der Waals surface area contributed by atoms with E-state index in [9.17, 15) is 19.7 Å². The number of rotatable bonds is 4. The van der Waals surface area contributed by atoms with Gasteiger partial charge in [-0.15, -0.1) is 0 Å². The molecule has 1 aliphatic rings. The first-order valence-corrected chi connectivity index (χ1v) is 6.56. The first-order chi connectivity index (χ1) is 10.0. The number of methoxy groups -OCH3 is 1. The Morgan fingerprint density at radius 2 is 2.00 bits per heavy atom. The average molecular weight is 293 g/mol. The van der Waals surface area contributed by atoms with Gasteiger partial charge in [0.1, 0.15) is 23.2 Å². The fourth-order valence-corrected chi connectivity index (χ4v) is 2.21. The number of hydrogen-bond acceptors (Lipinski definition) is 6. The van der Waals surface area contributed by atoms with Crippen molar-refractivity contribution in [2.75, 3.05) is 7.11 Å². The molecule has 0 amide bonds. The van der Waals surface area contributed by atoms with Crippen LogP contribution in [0.2, 0.25) is 0 Å². The van der Waals surface area contributed by atoms with E-state index in [4.69, 9.17) is 9.47 Å². The van der Waals surface area contributed by atoms with E-state index in [0.717, 1.165) is 0 Å². The fourth-order valence-electron chi connectivity index (χ4n) is 2.21. The van der Waals surface area contributed by atoms with E-state index in [1.54, 1.807) is 0 Å². The number of Topliss-reactive ketones (excluding diaryl/α,β-unsaturated/α-hetero) is 1. The van der Waals surface area contributed by atoms with Gasteiger partial charge in [-0.05, 0) is 25.0 Å². The van der Waals surface area contributed by atoms with Gasteiger partial charge >= 0.3 is 5.97 Å². The molecule has 112 valence electrons. The molecule has 1 saturated carbocycles. The molecule has 0 aromatic heterocycles. The summed E-state index contributed by atoms with van der Waals surface area (Å²) in [5.74, 6) is -0.303. The molecule has 0 bridgehead atoms. The first-order valence-electron chi connectivity index (χ1n) is 6.56. The maximum absolute atomic E-state index is 12.1. The van der Waals surface area contributed by atoms with Crippen LogP contribution in [0.5, 0.6) is 5.75 Å². The lowest BCUT2D eigenvalue weighted by Gasteiger charge is -2.21. The van der Waals surface area contributed by atoms with Gasteiger partial charge in [-0.1, -0.05) is 0 Å². The van der Waals surface area contributed by atoms with Crippen LogP contribution in [0.3, 0.4) is 0 Å². The Hall–Kier alpha value is -2.44. The highest BCUT2D eigenvalue weighted by molar-refractivity contribution is 5.94. The maximum Gasteiger partial charge on any atom is 0.345 e. The molecule has 21 heavy (non-hydrogen) atoms. The summed E-state index contributed by atoms with van der Waals surface area (Å²) < 4.78 is 10.2. The molecule has 0 heterocycles. The quantitative estimate of drug-likeness (QED) is 0.480. The Morgan fingerprint density at radius 3 is 2.57 bits per heavy atom. The summed E-state index contributed by atoms with van der Waals surface area (Å²) in [6.07, 6.45) is 1.32. The van der Waals surface area contributed by atoms with E-state index < -0.39 is 10.9 Å². The molecule has 7 heteroatoms. The third kappa shape index (κ3) is 3.56. The van der Waals surface area contributed by atoms with Gasteiger partial charge in [-0.3, -0.25) is 14.9 Å². The van der Waals surface area contributed by atoms with Gasteiger partial charge in [0, 0.05) is 12.8 Å². The molecule has 0 atom stereocenters. The second kappa shape index (κ2) is 6.34. The number of carbonyl (C=O) groups excluding carboxylic acids is 2. The smallest absolute Gasteiger partial charge is 0.345 e. The summed E-state index contributed by atoms with van der Waals surface area (Å²) in [6.45, 7) is 0. The zero-order chi connectivity index (χ0) is 15.4. The van der Waals surface area contributed by atoms with Crippen molar-refractivity contribution < 1.29 is 24.0 Å². The van der Waals surface area contributed by atoms with Gasteiger partial charge in [0.2, 0.25) is 0 Å². The molecule has 1 aromatic rings. The molecule has 0 N–H and O–H groups in total. The van der Waals surface area contributed by atoms with E-state index >= 15 is 0 Å². The minimum Gasteiger partial charge on any atom is -0.497 e. The lowest BCUT2D eigenvalue weighted by molar-refractivity contribution is -0.385. The molecule has 2 rings (SSSR count). The van der Waals surface area contributed by atoms with Gasteiger partial charge in [0.15, 0.2) is 0 Å². The Balaban J connectivity index is 2.15. The molecule has 1 aliphatic carbocycles. The number of ether oxygens (including phenoxy) is 2. The van der Waals surface area contributed by atoms with Gasteiger partial charge in [-0.2, -0.15) is 0 Å². The van der Waals surface area contributed by atoms with Crippen molar-refractivity contribution in [1.29, 1.82) is 0 Å². The number of hydrogen-bond donors (Lipinski definition) is 0. The largest absolute Gasteiger partial charge is 0.497 e. The van der Waals surface area contributed by atoms with E-state index in [1.165, 1.54) is 25.3 Å². The van der Waals surface area contributed by atoms with Crippen molar-refractivity contribution in [2.45, 2.75) is 31.8 Å². The van der Waals surface area contributed by atoms with Crippen LogP contribution in [0.25, 0.3) is 0 Å². The number of nitrogens with zero attached hydrogens (tertiary/aromatic N) is 1. The molecule has 1 fully saturated rings. The molecule has 0 radical (unpaired) electrons. The van der Waals surface area contributed by atoms with Crippen molar-refractivity contribution in [3.05, 3.63) is 33.9 Å². The fraction of sp³-hybridized carbons (Fsp3) is 0.429. The number of nitro groups is 1. The molecular weight excluding hydrogens is 278 g/mol. The summed E-state index contributed by atoms with van der Waals surface area (Å²) in [7, 11) is 1.39. The monoisotopic (exact) mass is 293 g/mol. The van der Waals surface area contributed by atoms with Crippen molar-refractivity contribution in [3.63, 3.8) is 0 Å². The minimum atomic E-state index is -0.747. The van der Waals surface area contributed by atoms with E-state index in [1.807, 2.05) is 0 Å². The lowest BCUT2D eigenvalue weighted by atomic mass is 9.96. The standard InChI is InChI=1S/C14H15NO6/c1-20-11-6-7-12(13(8-11)15(18)19)14(17)21-10-4-2-9(16)3-5-10/h6-8,10H,2-5H2,1H3. The van der Waals surface area contributed by atoms with Crippen LogP contribution in [0.1, 0.15) is 36.0 Å². The SMILES string of the molecule is COc1ccc(C(=O)OC2CCC(=O)CC2)c([N+](=O)[O-])c1. The van der Waals surface area contributed by atoms with Crippen LogP contribution in [-0.2, 0) is 9.53 Å². The first kappa shape index (κ1) is 15.0. The Morgan fingerprint density at radius 1 is 1.33 bits per heavy atom. The predicted molar refractivity (Wildman–Crippen MR) is 72.3 cm³/mol. The van der Waals surface area contributed by atoms with Gasteiger partial charge < -0.3 is 9.47 Å². The molecule has 7 nitrogen and oxygen atoms in total. The van der Waals surface area contributed by atoms with Crippen molar-refractivity contribution in [3.8, 4) is 5.75 Å². The number of nitro benzene ring substituents is 1. The summed E-state index contributed by atoms with van der Waals surface area (Å²) in [5, 5.41) is 11.0. The van der Waals surface area contributed by atoms with Gasteiger partial charge in [-0.25, -0.2) is 4.79 Å². The number of ketones is 1. The molecule has 0 unspecified atom stereocenters. The van der Waals surface area contributed by atoms with Crippen LogP contribution in [-0.4, -0.2) is 29.9 Å². The molecule has 0 saturated heterocycles. The zero-order valence-electron chi connectivity index (χ0n) is 11.5. The highest BCUT2D eigenvalue weighted by Gasteiger charge is 2.27. The molecular formula is C14H15NO6. The molecule has 0 spiro atoms. The van der Waals surface area contributed by atoms with Gasteiger partial charge in [0.25, 0.3) is 5.69 Å². The van der Waals surface area contributed by atoms with Crippen molar-refractivity contribution >= 4 is 17.4 Å². The Kier molecular flexibility index (Phi) is 4.52. The van der Waals surface area contributed by atoms with Crippen LogP contribution in [0.15, 0.2) is 18.2 Å². The topological polar surface area (TPSA) is 95.7 Å². The second-order valence-electron chi connectivity index (χ2n) is 4.78. The predicted octanol–water partition coefficient (Wildman–Crippen LogP) is 2.27. The third-order valence-corrected chi connectivity index (χ3v) is 3.39. The van der Waals surface area contributed by atoms with Crippen LogP contribution in [0, 0.1) is 10.1 Å². The molecule has 1 aromatic carbocycles. The number of esters is 1. The van der Waals surface area contributed by atoms with Gasteiger partial charge in [0.05, 0.1) is 18.1 Å². The summed E-state index contributed by atoms with van der Waals surface area (Å²) in [6, 6.07) is 3.96. The van der Waals surface area contributed by atoms with Crippen molar-refractivity contribution in [2.24, 2.45) is 0 Å². The lowest BCUT2D eigenvalue weighted by Crippen LogP contribution is -2.24. The summed E-state index contributed by atoms with van der Waals surface area (Å²) >= 11 is 0. The van der Waals surface area contributed by atoms with Crippen LogP contribution < -0.4 is 4.74 Å². The molecule has 0 aliphatic heterocycles. The highest BCUT2D eigenvalue weighted by atomic mass is 16.6. The number of benzene rings is 1. The second-order valence-corrected chi connectivity index (χ2v) is 4.78. The van der Waals surface area contributed by atoms with Crippen molar-refractivity contribution in [1.82, 2.24) is 0 Å². The van der Waals surface area contributed by atoms with Crippen LogP contribution in [0.4, 0.5) is 5.69 Å². The minimum absolute atomic E-state index is 0.113. The van der Waals surface area contributed by atoms with E-state index in [-0.39, 0.29) is 23.1 Å².